The van der Waals surface area contributed by atoms with Crippen LogP contribution in [0.4, 0.5) is 0 Å². The molecular weight excluding hydrogens is 388 g/mol. The normalized spacial score (nSPS) is 19.5. The smallest absolute Gasteiger partial charge is 0.193 e. The van der Waals surface area contributed by atoms with E-state index in [0.717, 1.165) is 83.7 Å². The molecule has 174 valence electrons. The molecular formula is C25H42N4O2. The van der Waals surface area contributed by atoms with Gasteiger partial charge in [-0.25, -0.2) is 0 Å². The van der Waals surface area contributed by atoms with Crippen molar-refractivity contribution in [1.82, 2.24) is 15.1 Å². The van der Waals surface area contributed by atoms with Crippen LogP contribution in [0.5, 0.6) is 0 Å². The Hall–Kier alpha value is -1.63. The highest BCUT2D eigenvalue weighted by molar-refractivity contribution is 5.79. The highest BCUT2D eigenvalue weighted by Crippen LogP contribution is 2.18. The molecule has 0 amide bonds. The average molecular weight is 431 g/mol. The van der Waals surface area contributed by atoms with E-state index in [1.807, 2.05) is 7.05 Å². The number of aliphatic imine (C=N–C) groups is 1. The number of rotatable bonds is 10. The van der Waals surface area contributed by atoms with E-state index < -0.39 is 0 Å². The summed E-state index contributed by atoms with van der Waals surface area (Å²) in [6.45, 7) is 7.92. The van der Waals surface area contributed by atoms with Crippen LogP contribution in [-0.2, 0) is 16.0 Å². The molecule has 0 radical (unpaired) electrons. The number of hydrogen-bond donors (Lipinski definition) is 1. The van der Waals surface area contributed by atoms with Crippen LogP contribution in [0.15, 0.2) is 35.3 Å². The molecule has 0 atom stereocenters. The van der Waals surface area contributed by atoms with E-state index in [1.165, 1.54) is 24.8 Å². The second kappa shape index (κ2) is 13.7. The Morgan fingerprint density at radius 3 is 2.61 bits per heavy atom. The minimum absolute atomic E-state index is 0.411. The zero-order valence-electron chi connectivity index (χ0n) is 19.6. The Kier molecular flexibility index (Phi) is 10.6. The maximum Gasteiger partial charge on any atom is 0.193 e. The largest absolute Gasteiger partial charge is 0.381 e. The molecule has 1 N–H and O–H groups in total. The lowest BCUT2D eigenvalue weighted by atomic mass is 9.96. The molecule has 3 rings (SSSR count). The van der Waals surface area contributed by atoms with Gasteiger partial charge >= 0.3 is 0 Å². The highest BCUT2D eigenvalue weighted by Gasteiger charge is 2.19. The SMILES string of the molecule is CN=C(NCCCOC1CCN(Cc2ccccc2)CC1)N(C)CCC1CCOCC1. The molecule has 2 fully saturated rings. The minimum atomic E-state index is 0.411. The third-order valence-electron chi connectivity index (χ3n) is 6.53. The molecule has 2 heterocycles. The van der Waals surface area contributed by atoms with Crippen molar-refractivity contribution in [1.29, 1.82) is 0 Å². The standard InChI is InChI=1S/C25H42N4O2/c1-26-25(28(2)15-9-22-12-19-30-20-13-22)27-14-6-18-31-24-10-16-29(17-11-24)21-23-7-4-3-5-8-23/h3-5,7-8,22,24H,6,9-21H2,1-2H3,(H,26,27). The van der Waals surface area contributed by atoms with Crippen molar-refractivity contribution in [3.05, 3.63) is 35.9 Å². The zero-order chi connectivity index (χ0) is 21.7. The summed E-state index contributed by atoms with van der Waals surface area (Å²) in [4.78, 5) is 9.23. The van der Waals surface area contributed by atoms with Gasteiger partial charge in [0.2, 0.25) is 0 Å². The van der Waals surface area contributed by atoms with Crippen LogP contribution >= 0.6 is 0 Å². The molecule has 0 spiro atoms. The fourth-order valence-electron chi connectivity index (χ4n) is 4.50. The van der Waals surface area contributed by atoms with Crippen LogP contribution in [0.1, 0.15) is 44.1 Å². The predicted molar refractivity (Wildman–Crippen MR) is 127 cm³/mol. The summed E-state index contributed by atoms with van der Waals surface area (Å²) in [6.07, 6.45) is 7.30. The van der Waals surface area contributed by atoms with Crippen LogP contribution in [-0.4, -0.2) is 82.0 Å². The van der Waals surface area contributed by atoms with E-state index in [9.17, 15) is 0 Å². The van der Waals surface area contributed by atoms with E-state index in [1.54, 1.807) is 0 Å². The summed E-state index contributed by atoms with van der Waals surface area (Å²) >= 11 is 0. The van der Waals surface area contributed by atoms with Gasteiger partial charge in [0.25, 0.3) is 0 Å². The van der Waals surface area contributed by atoms with Gasteiger partial charge in [0.05, 0.1) is 6.10 Å². The molecule has 0 saturated carbocycles. The first-order valence-corrected chi connectivity index (χ1v) is 12.1. The summed E-state index contributed by atoms with van der Waals surface area (Å²) in [7, 11) is 4.00. The number of piperidine rings is 1. The summed E-state index contributed by atoms with van der Waals surface area (Å²) in [5.41, 5.74) is 1.40. The van der Waals surface area contributed by atoms with Gasteiger partial charge in [0.1, 0.15) is 0 Å². The summed E-state index contributed by atoms with van der Waals surface area (Å²) < 4.78 is 11.6. The van der Waals surface area contributed by atoms with Gasteiger partial charge in [-0.15, -0.1) is 0 Å². The summed E-state index contributed by atoms with van der Waals surface area (Å²) in [6, 6.07) is 10.8. The number of likely N-dealkylation sites (tertiary alicyclic amines) is 1. The summed E-state index contributed by atoms with van der Waals surface area (Å²) in [5, 5.41) is 3.49. The Morgan fingerprint density at radius 1 is 1.16 bits per heavy atom. The highest BCUT2D eigenvalue weighted by atomic mass is 16.5. The lowest BCUT2D eigenvalue weighted by Gasteiger charge is -2.32. The van der Waals surface area contributed by atoms with Crippen molar-refractivity contribution < 1.29 is 9.47 Å². The van der Waals surface area contributed by atoms with Gasteiger partial charge in [0.15, 0.2) is 5.96 Å². The Morgan fingerprint density at radius 2 is 1.90 bits per heavy atom. The third-order valence-corrected chi connectivity index (χ3v) is 6.53. The number of nitrogens with one attached hydrogen (secondary N) is 1. The molecule has 6 nitrogen and oxygen atoms in total. The second-order valence-corrected chi connectivity index (χ2v) is 8.93. The first kappa shape index (κ1) is 24.0. The van der Waals surface area contributed by atoms with Gasteiger partial charge in [-0.3, -0.25) is 9.89 Å². The van der Waals surface area contributed by atoms with Crippen LogP contribution in [0, 0.1) is 5.92 Å². The van der Waals surface area contributed by atoms with Crippen molar-refractivity contribution in [2.45, 2.75) is 51.2 Å². The van der Waals surface area contributed by atoms with Crippen LogP contribution in [0.2, 0.25) is 0 Å². The number of benzene rings is 1. The molecule has 2 aliphatic rings. The lowest BCUT2D eigenvalue weighted by molar-refractivity contribution is 0.00531. The van der Waals surface area contributed by atoms with Crippen LogP contribution < -0.4 is 5.32 Å². The van der Waals surface area contributed by atoms with Gasteiger partial charge in [-0.05, 0) is 50.0 Å². The van der Waals surface area contributed by atoms with Crippen LogP contribution in [0.3, 0.4) is 0 Å². The molecule has 0 bridgehead atoms. The number of guanidine groups is 1. The van der Waals surface area contributed by atoms with Crippen LogP contribution in [0.25, 0.3) is 0 Å². The van der Waals surface area contributed by atoms with E-state index >= 15 is 0 Å². The second-order valence-electron chi connectivity index (χ2n) is 8.93. The first-order valence-electron chi connectivity index (χ1n) is 12.1. The minimum Gasteiger partial charge on any atom is -0.381 e. The van der Waals surface area contributed by atoms with Crippen molar-refractivity contribution in [2.24, 2.45) is 10.9 Å². The van der Waals surface area contributed by atoms with E-state index in [-0.39, 0.29) is 0 Å². The van der Waals surface area contributed by atoms with Gasteiger partial charge in [-0.2, -0.15) is 0 Å². The van der Waals surface area contributed by atoms with Crippen molar-refractivity contribution >= 4 is 5.96 Å². The number of ether oxygens (including phenoxy) is 2. The molecule has 0 aromatic heterocycles. The molecule has 1 aromatic carbocycles. The average Bonchev–Trinajstić information content (AvgIpc) is 2.82. The van der Waals surface area contributed by atoms with E-state index in [2.05, 4.69) is 57.5 Å². The van der Waals surface area contributed by atoms with Gasteiger partial charge in [-0.1, -0.05) is 30.3 Å². The molecule has 6 heteroatoms. The van der Waals surface area contributed by atoms with Gasteiger partial charge in [0, 0.05) is 66.6 Å². The third kappa shape index (κ3) is 8.79. The molecule has 0 aliphatic carbocycles. The van der Waals surface area contributed by atoms with Crippen molar-refractivity contribution in [2.75, 3.05) is 60.1 Å². The maximum atomic E-state index is 6.15. The number of nitrogens with zero attached hydrogens (tertiary/aromatic N) is 3. The van der Waals surface area contributed by atoms with E-state index in [4.69, 9.17) is 9.47 Å². The lowest BCUT2D eigenvalue weighted by Crippen LogP contribution is -2.41. The monoisotopic (exact) mass is 430 g/mol. The summed E-state index contributed by atoms with van der Waals surface area (Å²) in [5.74, 6) is 1.78. The quantitative estimate of drug-likeness (QED) is 0.350. The van der Waals surface area contributed by atoms with Gasteiger partial charge < -0.3 is 19.7 Å². The number of hydrogen-bond acceptors (Lipinski definition) is 4. The molecule has 2 aliphatic heterocycles. The first-order chi connectivity index (χ1) is 15.2. The fraction of sp³-hybridized carbons (Fsp3) is 0.720. The molecule has 1 aromatic rings. The maximum absolute atomic E-state index is 6.15. The molecule has 2 saturated heterocycles. The van der Waals surface area contributed by atoms with Crippen molar-refractivity contribution in [3.8, 4) is 0 Å². The molecule has 31 heavy (non-hydrogen) atoms. The Balaban J connectivity index is 1.22. The topological polar surface area (TPSA) is 49.3 Å². The van der Waals surface area contributed by atoms with Crippen molar-refractivity contribution in [3.63, 3.8) is 0 Å². The Labute approximate surface area is 189 Å². The zero-order valence-corrected chi connectivity index (χ0v) is 19.6. The van der Waals surface area contributed by atoms with E-state index in [0.29, 0.717) is 6.10 Å². The molecule has 0 unspecified atom stereocenters. The Bertz CT molecular complexity index is 626. The predicted octanol–water partition coefficient (Wildman–Crippen LogP) is 3.38. The fourth-order valence-corrected chi connectivity index (χ4v) is 4.50.